The Morgan fingerprint density at radius 2 is 1.89 bits per heavy atom. The molecule has 3 heterocycles. The normalized spacial score (nSPS) is 19.4. The lowest BCUT2D eigenvalue weighted by Crippen LogP contribution is -2.44. The Kier molecular flexibility index (Phi) is 8.65. The molecule has 1 N–H and O–H groups in total. The van der Waals surface area contributed by atoms with Crippen molar-refractivity contribution in [2.45, 2.75) is 51.3 Å². The molecule has 0 radical (unpaired) electrons. The number of carbonyl (C=O) groups is 4. The van der Waals surface area contributed by atoms with E-state index < -0.39 is 12.7 Å². The summed E-state index contributed by atoms with van der Waals surface area (Å²) in [5, 5.41) is 2.76. The second-order valence-corrected chi connectivity index (χ2v) is 9.67. The number of nitrogens with zero attached hydrogens (tertiary/aromatic N) is 3. The molecule has 3 amide bonds. The van der Waals surface area contributed by atoms with Gasteiger partial charge in [0.1, 0.15) is 11.8 Å². The summed E-state index contributed by atoms with van der Waals surface area (Å²) in [6, 6.07) is 8.05. The van der Waals surface area contributed by atoms with Crippen molar-refractivity contribution in [3.63, 3.8) is 0 Å². The molecule has 38 heavy (non-hydrogen) atoms. The van der Waals surface area contributed by atoms with E-state index in [1.165, 1.54) is 24.3 Å². The predicted molar refractivity (Wildman–Crippen MR) is 132 cm³/mol. The summed E-state index contributed by atoms with van der Waals surface area (Å²) in [7, 11) is 0. The third-order valence-electron chi connectivity index (χ3n) is 6.93. The van der Waals surface area contributed by atoms with Gasteiger partial charge in [-0.25, -0.2) is 0 Å². The van der Waals surface area contributed by atoms with E-state index in [-0.39, 0.29) is 60.6 Å². The van der Waals surface area contributed by atoms with Crippen molar-refractivity contribution in [2.75, 3.05) is 19.6 Å². The molecule has 0 spiro atoms. The van der Waals surface area contributed by atoms with Crippen molar-refractivity contribution in [3.05, 3.63) is 59.9 Å². The van der Waals surface area contributed by atoms with E-state index in [1.807, 2.05) is 13.0 Å². The molecule has 2 aliphatic rings. The number of Topliss-reactive ketones (excluding diaryl/α,β-unsaturated/α-hetero) is 1. The fourth-order valence-electron chi connectivity index (χ4n) is 5.04. The number of likely N-dealkylation sites (tertiary alicyclic amines) is 2. The molecule has 2 fully saturated rings. The highest BCUT2D eigenvalue weighted by atomic mass is 19.3. The first kappa shape index (κ1) is 27.2. The minimum Gasteiger partial charge on any atom is -0.435 e. The predicted octanol–water partition coefficient (Wildman–Crippen LogP) is 2.45. The molecule has 9 nitrogen and oxygen atoms in total. The molecule has 202 valence electrons. The Labute approximate surface area is 219 Å². The van der Waals surface area contributed by atoms with Crippen molar-refractivity contribution >= 4 is 23.5 Å². The number of benzene rings is 1. The zero-order valence-electron chi connectivity index (χ0n) is 21.0. The van der Waals surface area contributed by atoms with Crippen LogP contribution in [0.4, 0.5) is 8.78 Å². The lowest BCUT2D eigenvalue weighted by atomic mass is 10.0. The third-order valence-corrected chi connectivity index (χ3v) is 6.93. The smallest absolute Gasteiger partial charge is 0.387 e. The van der Waals surface area contributed by atoms with Gasteiger partial charge in [-0.3, -0.25) is 24.2 Å². The monoisotopic (exact) mass is 528 g/mol. The maximum atomic E-state index is 13.0. The van der Waals surface area contributed by atoms with Crippen molar-refractivity contribution in [2.24, 2.45) is 5.92 Å². The number of fused-ring (bicyclic) bond motifs is 1. The summed E-state index contributed by atoms with van der Waals surface area (Å²) < 4.78 is 28.8. The summed E-state index contributed by atoms with van der Waals surface area (Å²) in [5.74, 6) is -0.847. The molecule has 2 aromatic rings. The number of carbonyl (C=O) groups excluding carboxylic acids is 4. The second-order valence-electron chi connectivity index (χ2n) is 9.67. The highest BCUT2D eigenvalue weighted by molar-refractivity contribution is 5.98. The van der Waals surface area contributed by atoms with Crippen molar-refractivity contribution in [1.82, 2.24) is 20.1 Å². The number of aromatic nitrogens is 1. The topological polar surface area (TPSA) is 109 Å². The zero-order valence-corrected chi connectivity index (χ0v) is 21.0. The molecule has 1 aromatic carbocycles. The van der Waals surface area contributed by atoms with Gasteiger partial charge in [0.15, 0.2) is 5.78 Å². The van der Waals surface area contributed by atoms with Gasteiger partial charge in [-0.2, -0.15) is 8.78 Å². The van der Waals surface area contributed by atoms with Crippen LogP contribution < -0.4 is 10.1 Å². The average Bonchev–Trinajstić information content (AvgIpc) is 3.46. The van der Waals surface area contributed by atoms with Gasteiger partial charge in [-0.15, -0.1) is 0 Å². The van der Waals surface area contributed by atoms with Crippen LogP contribution in [0.5, 0.6) is 5.75 Å². The Morgan fingerprint density at radius 3 is 2.58 bits per heavy atom. The van der Waals surface area contributed by atoms with E-state index >= 15 is 0 Å². The van der Waals surface area contributed by atoms with Crippen LogP contribution in [0.2, 0.25) is 0 Å². The molecule has 0 saturated carbocycles. The van der Waals surface area contributed by atoms with Gasteiger partial charge in [0.2, 0.25) is 11.8 Å². The summed E-state index contributed by atoms with van der Waals surface area (Å²) in [6.45, 7) is -0.283. The quantitative estimate of drug-likeness (QED) is 0.508. The zero-order chi connectivity index (χ0) is 27.2. The Bertz CT molecular complexity index is 1160. The molecular weight excluding hydrogens is 498 g/mol. The molecule has 4 rings (SSSR count). The summed E-state index contributed by atoms with van der Waals surface area (Å²) in [6.07, 6.45) is 4.74. The standard InChI is InChI=1S/C27H30F2N4O5/c1-17(8-11-31-26(37)19-4-6-20(7-5-19)38-27(28)29)13-23(35)32-12-9-21-25(32)22(34)16-33(21)24(36)14-18-3-2-10-30-15-18/h2-7,10,15,17,21,25,27H,8-9,11-14,16H2,1H3,(H,31,37). The van der Waals surface area contributed by atoms with Gasteiger partial charge in [0, 0.05) is 37.5 Å². The minimum absolute atomic E-state index is 0.00896. The number of amides is 3. The van der Waals surface area contributed by atoms with Gasteiger partial charge >= 0.3 is 6.61 Å². The number of alkyl halides is 2. The summed E-state index contributed by atoms with van der Waals surface area (Å²) in [5.41, 5.74) is 1.08. The van der Waals surface area contributed by atoms with E-state index in [9.17, 15) is 28.0 Å². The van der Waals surface area contributed by atoms with Gasteiger partial charge in [0.25, 0.3) is 5.91 Å². The molecule has 11 heteroatoms. The maximum Gasteiger partial charge on any atom is 0.387 e. The van der Waals surface area contributed by atoms with Gasteiger partial charge in [-0.1, -0.05) is 13.0 Å². The molecule has 3 atom stereocenters. The number of halogens is 2. The Balaban J connectivity index is 1.23. The molecule has 0 bridgehead atoms. The Morgan fingerprint density at radius 1 is 1.13 bits per heavy atom. The minimum atomic E-state index is -2.93. The van der Waals surface area contributed by atoms with Crippen molar-refractivity contribution in [3.8, 4) is 5.75 Å². The van der Waals surface area contributed by atoms with E-state index in [2.05, 4.69) is 15.0 Å². The van der Waals surface area contributed by atoms with Gasteiger partial charge in [0.05, 0.1) is 19.0 Å². The van der Waals surface area contributed by atoms with Crippen LogP contribution in [0.15, 0.2) is 48.8 Å². The molecular formula is C27H30F2N4O5. The number of ether oxygens (including phenoxy) is 1. The lowest BCUT2D eigenvalue weighted by molar-refractivity contribution is -0.137. The van der Waals surface area contributed by atoms with Crippen molar-refractivity contribution < 1.29 is 32.7 Å². The summed E-state index contributed by atoms with van der Waals surface area (Å²) in [4.78, 5) is 58.2. The van der Waals surface area contributed by atoms with Gasteiger partial charge in [-0.05, 0) is 54.7 Å². The van der Waals surface area contributed by atoms with Crippen LogP contribution in [0, 0.1) is 5.92 Å². The maximum absolute atomic E-state index is 13.0. The molecule has 3 unspecified atom stereocenters. The first-order chi connectivity index (χ1) is 18.2. The number of ketones is 1. The van der Waals surface area contributed by atoms with E-state index in [0.717, 1.165) is 5.56 Å². The van der Waals surface area contributed by atoms with Crippen LogP contribution in [0.25, 0.3) is 0 Å². The van der Waals surface area contributed by atoms with E-state index in [0.29, 0.717) is 31.5 Å². The van der Waals surface area contributed by atoms with Crippen LogP contribution in [-0.4, -0.2) is 76.6 Å². The average molecular weight is 529 g/mol. The first-order valence-electron chi connectivity index (χ1n) is 12.6. The number of hydrogen-bond donors (Lipinski definition) is 1. The van der Waals surface area contributed by atoms with Crippen LogP contribution in [0.3, 0.4) is 0 Å². The SMILES string of the molecule is CC(CCNC(=O)c1ccc(OC(F)F)cc1)CC(=O)N1CCC2C1C(=O)CN2C(=O)Cc1cccnc1. The highest BCUT2D eigenvalue weighted by Gasteiger charge is 2.51. The molecule has 0 aliphatic carbocycles. The fourth-order valence-corrected chi connectivity index (χ4v) is 5.04. The van der Waals surface area contributed by atoms with Crippen LogP contribution in [0.1, 0.15) is 42.1 Å². The van der Waals surface area contributed by atoms with E-state index in [1.54, 1.807) is 28.3 Å². The van der Waals surface area contributed by atoms with Crippen LogP contribution in [-0.2, 0) is 20.8 Å². The van der Waals surface area contributed by atoms with Crippen LogP contribution >= 0.6 is 0 Å². The number of pyridine rings is 1. The summed E-state index contributed by atoms with van der Waals surface area (Å²) >= 11 is 0. The number of nitrogens with one attached hydrogen (secondary N) is 1. The van der Waals surface area contributed by atoms with E-state index in [4.69, 9.17) is 0 Å². The van der Waals surface area contributed by atoms with Gasteiger partial charge < -0.3 is 19.9 Å². The fraction of sp³-hybridized carbons (Fsp3) is 0.444. The molecule has 2 aliphatic heterocycles. The lowest BCUT2D eigenvalue weighted by Gasteiger charge is -2.25. The molecule has 1 aromatic heterocycles. The first-order valence-corrected chi connectivity index (χ1v) is 12.6. The number of rotatable bonds is 10. The second kappa shape index (κ2) is 12.1. The van der Waals surface area contributed by atoms with Crippen molar-refractivity contribution in [1.29, 1.82) is 0 Å². The Hall–Kier alpha value is -3.89. The molecule has 2 saturated heterocycles. The largest absolute Gasteiger partial charge is 0.435 e. The third kappa shape index (κ3) is 6.51. The highest BCUT2D eigenvalue weighted by Crippen LogP contribution is 2.31. The number of hydrogen-bond acceptors (Lipinski definition) is 6.